The Morgan fingerprint density at radius 3 is 2.09 bits per heavy atom. The lowest BCUT2D eigenvalue weighted by atomic mass is 10.0. The quantitative estimate of drug-likeness (QED) is 0.375. The first kappa shape index (κ1) is 18.3. The van der Waals surface area contributed by atoms with Crippen LogP contribution in [-0.2, 0) is 18.9 Å². The second kappa shape index (κ2) is 10.0. The lowest BCUT2D eigenvalue weighted by Gasteiger charge is -2.12. The van der Waals surface area contributed by atoms with E-state index in [-0.39, 0.29) is 37.6 Å². The standard InChI is InChI=1S/C17H20O6/c1-4-20-9-11-22-16(18)14-8-6-7-13(3)15(14)17(19)23-12-10-21-5-2/h4-8H,1-2,9-12H2,3H3. The number of rotatable bonds is 10. The molecule has 0 aromatic heterocycles. The summed E-state index contributed by atoms with van der Waals surface area (Å²) in [5.74, 6) is -1.22. The number of ether oxygens (including phenoxy) is 4. The molecule has 1 rings (SSSR count). The van der Waals surface area contributed by atoms with Crippen molar-refractivity contribution in [3.63, 3.8) is 0 Å². The highest BCUT2D eigenvalue weighted by molar-refractivity contribution is 6.04. The maximum Gasteiger partial charge on any atom is 0.339 e. The molecule has 0 aliphatic carbocycles. The van der Waals surface area contributed by atoms with Crippen LogP contribution in [0.4, 0.5) is 0 Å². The van der Waals surface area contributed by atoms with E-state index < -0.39 is 11.9 Å². The smallest absolute Gasteiger partial charge is 0.339 e. The van der Waals surface area contributed by atoms with Gasteiger partial charge in [0.05, 0.1) is 23.7 Å². The zero-order valence-electron chi connectivity index (χ0n) is 13.1. The Bertz CT molecular complexity index is 564. The van der Waals surface area contributed by atoms with Gasteiger partial charge in [-0.15, -0.1) is 0 Å². The zero-order valence-corrected chi connectivity index (χ0v) is 13.1. The molecule has 124 valence electrons. The van der Waals surface area contributed by atoms with Crippen LogP contribution in [-0.4, -0.2) is 38.4 Å². The third kappa shape index (κ3) is 5.86. The van der Waals surface area contributed by atoms with Gasteiger partial charge in [-0.25, -0.2) is 9.59 Å². The molecule has 6 heteroatoms. The number of aryl methyl sites for hydroxylation is 1. The fourth-order valence-electron chi connectivity index (χ4n) is 1.79. The summed E-state index contributed by atoms with van der Waals surface area (Å²) in [6, 6.07) is 4.90. The molecule has 0 fully saturated rings. The van der Waals surface area contributed by atoms with Gasteiger partial charge in [-0.1, -0.05) is 25.3 Å². The lowest BCUT2D eigenvalue weighted by molar-refractivity contribution is 0.0376. The van der Waals surface area contributed by atoms with E-state index in [2.05, 4.69) is 13.2 Å². The van der Waals surface area contributed by atoms with E-state index >= 15 is 0 Å². The lowest BCUT2D eigenvalue weighted by Crippen LogP contribution is -2.18. The van der Waals surface area contributed by atoms with Crippen LogP contribution < -0.4 is 0 Å². The van der Waals surface area contributed by atoms with Crippen molar-refractivity contribution in [3.05, 3.63) is 60.6 Å². The van der Waals surface area contributed by atoms with Gasteiger partial charge < -0.3 is 18.9 Å². The minimum atomic E-state index is -0.615. The molecule has 0 amide bonds. The number of carbonyl (C=O) groups excluding carboxylic acids is 2. The van der Waals surface area contributed by atoms with Crippen molar-refractivity contribution >= 4 is 11.9 Å². The molecule has 1 aromatic rings. The summed E-state index contributed by atoms with van der Waals surface area (Å²) in [4.78, 5) is 24.3. The number of hydrogen-bond acceptors (Lipinski definition) is 6. The SMILES string of the molecule is C=COCCOC(=O)c1cccc(C)c1C(=O)OCCOC=C. The van der Waals surface area contributed by atoms with Crippen molar-refractivity contribution < 1.29 is 28.5 Å². The molecule has 0 bridgehead atoms. The Kier molecular flexibility index (Phi) is 7.99. The first-order valence-corrected chi connectivity index (χ1v) is 7.00. The summed E-state index contributed by atoms with van der Waals surface area (Å²) in [7, 11) is 0. The van der Waals surface area contributed by atoms with Crippen LogP contribution >= 0.6 is 0 Å². The fourth-order valence-corrected chi connectivity index (χ4v) is 1.79. The molecule has 0 atom stereocenters. The van der Waals surface area contributed by atoms with Crippen molar-refractivity contribution in [3.8, 4) is 0 Å². The molecule has 0 heterocycles. The Balaban J connectivity index is 2.77. The summed E-state index contributed by atoms with van der Waals surface area (Å²) in [5, 5.41) is 0. The first-order valence-electron chi connectivity index (χ1n) is 7.00. The summed E-state index contributed by atoms with van der Waals surface area (Å²) in [5.41, 5.74) is 0.954. The molecule has 0 unspecified atom stereocenters. The summed E-state index contributed by atoms with van der Waals surface area (Å²) >= 11 is 0. The molecule has 0 spiro atoms. The van der Waals surface area contributed by atoms with Crippen LogP contribution in [0.15, 0.2) is 43.9 Å². The van der Waals surface area contributed by atoms with Crippen LogP contribution in [0.3, 0.4) is 0 Å². The normalized spacial score (nSPS) is 9.61. The van der Waals surface area contributed by atoms with Crippen LogP contribution in [0.5, 0.6) is 0 Å². The first-order chi connectivity index (χ1) is 11.1. The van der Waals surface area contributed by atoms with E-state index in [1.165, 1.54) is 18.6 Å². The molecule has 0 N–H and O–H groups in total. The Labute approximate surface area is 135 Å². The van der Waals surface area contributed by atoms with E-state index in [1.807, 2.05) is 0 Å². The van der Waals surface area contributed by atoms with Gasteiger partial charge in [0.2, 0.25) is 0 Å². The highest BCUT2D eigenvalue weighted by Crippen LogP contribution is 2.17. The molecular weight excluding hydrogens is 300 g/mol. The zero-order chi connectivity index (χ0) is 17.1. The molecule has 0 radical (unpaired) electrons. The topological polar surface area (TPSA) is 71.1 Å². The van der Waals surface area contributed by atoms with Gasteiger partial charge in [-0.2, -0.15) is 0 Å². The minimum Gasteiger partial charge on any atom is -0.498 e. The number of carbonyl (C=O) groups is 2. The largest absolute Gasteiger partial charge is 0.498 e. The van der Waals surface area contributed by atoms with Crippen LogP contribution in [0.25, 0.3) is 0 Å². The third-order valence-corrected chi connectivity index (χ3v) is 2.80. The van der Waals surface area contributed by atoms with Gasteiger partial charge in [0.25, 0.3) is 0 Å². The Morgan fingerprint density at radius 1 is 0.957 bits per heavy atom. The van der Waals surface area contributed by atoms with Gasteiger partial charge in [-0.05, 0) is 18.6 Å². The average Bonchev–Trinajstić information content (AvgIpc) is 2.55. The van der Waals surface area contributed by atoms with E-state index in [9.17, 15) is 9.59 Å². The minimum absolute atomic E-state index is 0.0560. The van der Waals surface area contributed by atoms with E-state index in [1.54, 1.807) is 19.1 Å². The summed E-state index contributed by atoms with van der Waals surface area (Å²) in [6.45, 7) is 8.99. The molecule has 0 saturated carbocycles. The van der Waals surface area contributed by atoms with Gasteiger partial charge in [-0.3, -0.25) is 0 Å². The van der Waals surface area contributed by atoms with Gasteiger partial charge in [0, 0.05) is 0 Å². The van der Waals surface area contributed by atoms with Gasteiger partial charge in [0.15, 0.2) is 0 Å². The highest BCUT2D eigenvalue weighted by atomic mass is 16.6. The monoisotopic (exact) mass is 320 g/mol. The molecule has 1 aromatic carbocycles. The summed E-state index contributed by atoms with van der Waals surface area (Å²) in [6.07, 6.45) is 2.52. The predicted octanol–water partition coefficient (Wildman–Crippen LogP) is 2.63. The maximum atomic E-state index is 12.2. The van der Waals surface area contributed by atoms with Crippen molar-refractivity contribution in [1.29, 1.82) is 0 Å². The second-order valence-corrected chi connectivity index (χ2v) is 4.34. The molecule has 0 aliphatic heterocycles. The third-order valence-electron chi connectivity index (χ3n) is 2.80. The highest BCUT2D eigenvalue weighted by Gasteiger charge is 2.21. The van der Waals surface area contributed by atoms with Crippen LogP contribution in [0.2, 0.25) is 0 Å². The number of benzene rings is 1. The molecule has 6 nitrogen and oxygen atoms in total. The fraction of sp³-hybridized carbons (Fsp3) is 0.294. The van der Waals surface area contributed by atoms with Crippen molar-refractivity contribution in [2.24, 2.45) is 0 Å². The molecule has 0 saturated heterocycles. The van der Waals surface area contributed by atoms with Crippen molar-refractivity contribution in [2.75, 3.05) is 26.4 Å². The van der Waals surface area contributed by atoms with Crippen LogP contribution in [0.1, 0.15) is 26.3 Å². The Hall–Kier alpha value is -2.76. The summed E-state index contributed by atoms with van der Waals surface area (Å²) < 4.78 is 19.9. The molecule has 0 aliphatic rings. The average molecular weight is 320 g/mol. The predicted molar refractivity (Wildman–Crippen MR) is 84.0 cm³/mol. The van der Waals surface area contributed by atoms with Crippen molar-refractivity contribution in [1.82, 2.24) is 0 Å². The maximum absolute atomic E-state index is 12.2. The Morgan fingerprint density at radius 2 is 1.52 bits per heavy atom. The van der Waals surface area contributed by atoms with E-state index in [4.69, 9.17) is 18.9 Å². The van der Waals surface area contributed by atoms with E-state index in [0.717, 1.165) is 0 Å². The molecular formula is C17H20O6. The van der Waals surface area contributed by atoms with Crippen molar-refractivity contribution in [2.45, 2.75) is 6.92 Å². The number of hydrogen-bond donors (Lipinski definition) is 0. The van der Waals surface area contributed by atoms with Crippen LogP contribution in [0, 0.1) is 6.92 Å². The van der Waals surface area contributed by atoms with Gasteiger partial charge >= 0.3 is 11.9 Å². The van der Waals surface area contributed by atoms with Gasteiger partial charge in [0.1, 0.15) is 26.4 Å². The van der Waals surface area contributed by atoms with E-state index in [0.29, 0.717) is 5.56 Å². The second-order valence-electron chi connectivity index (χ2n) is 4.34. The molecule has 23 heavy (non-hydrogen) atoms. The number of esters is 2.